The van der Waals surface area contributed by atoms with Crippen molar-refractivity contribution < 1.29 is 24.9 Å². The Hall–Kier alpha value is -0.640. The molecule has 7 nitrogen and oxygen atoms in total. The van der Waals surface area contributed by atoms with Crippen LogP contribution in [0.1, 0.15) is 18.4 Å². The Morgan fingerprint density at radius 1 is 1.10 bits per heavy atom. The first kappa shape index (κ1) is 24.6. The fourth-order valence-electron chi connectivity index (χ4n) is 3.51. The Morgan fingerprint density at radius 2 is 1.76 bits per heavy atom. The van der Waals surface area contributed by atoms with Crippen molar-refractivity contribution in [3.05, 3.63) is 29.8 Å². The van der Waals surface area contributed by atoms with Crippen LogP contribution in [0.25, 0.3) is 0 Å². The number of hydrogen-bond acceptors (Lipinski definition) is 7. The predicted molar refractivity (Wildman–Crippen MR) is 115 cm³/mol. The van der Waals surface area contributed by atoms with E-state index in [1.54, 1.807) is 12.2 Å². The molecule has 0 saturated carbocycles. The van der Waals surface area contributed by atoms with Crippen LogP contribution in [0, 0.1) is 0 Å². The molecule has 1 aromatic carbocycles. The molecule has 0 aliphatic carbocycles. The Labute approximate surface area is 182 Å². The van der Waals surface area contributed by atoms with Gasteiger partial charge in [-0.05, 0) is 30.5 Å². The summed E-state index contributed by atoms with van der Waals surface area (Å²) in [5.74, 6) is 1.11. The molecule has 4 atom stereocenters. The third-order valence-electron chi connectivity index (χ3n) is 5.14. The molecular formula is C20H32Cl2N2O5. The third-order valence-corrected chi connectivity index (χ3v) is 5.48. The number of halogens is 2. The van der Waals surface area contributed by atoms with E-state index in [1.807, 2.05) is 0 Å². The molecule has 1 heterocycles. The molecule has 166 valence electrons. The summed E-state index contributed by atoms with van der Waals surface area (Å²) in [6.45, 7) is 1.75. The molecule has 0 aromatic heterocycles. The van der Waals surface area contributed by atoms with Crippen LogP contribution in [0.2, 0.25) is 0 Å². The first-order valence-corrected chi connectivity index (χ1v) is 11.0. The van der Waals surface area contributed by atoms with E-state index < -0.39 is 24.5 Å². The highest BCUT2D eigenvalue weighted by Crippen LogP contribution is 2.23. The van der Waals surface area contributed by atoms with E-state index in [4.69, 9.17) is 32.8 Å². The smallest absolute Gasteiger partial charge is 0.136 e. The molecule has 0 amide bonds. The summed E-state index contributed by atoms with van der Waals surface area (Å²) in [7, 11) is 1.55. The summed E-state index contributed by atoms with van der Waals surface area (Å²) in [6.07, 6.45) is -1.49. The molecule has 2 rings (SSSR count). The van der Waals surface area contributed by atoms with Crippen molar-refractivity contribution in [3.8, 4) is 0 Å². The summed E-state index contributed by atoms with van der Waals surface area (Å²) >= 11 is 11.7. The van der Waals surface area contributed by atoms with Gasteiger partial charge in [-0.15, -0.1) is 23.2 Å². The second kappa shape index (κ2) is 12.9. The Bertz CT molecular complexity index is 574. The summed E-state index contributed by atoms with van der Waals surface area (Å²) in [4.78, 5) is 7.57. The Balaban J connectivity index is 1.86. The molecule has 9 heteroatoms. The number of benzene rings is 1. The van der Waals surface area contributed by atoms with Crippen molar-refractivity contribution in [1.82, 2.24) is 5.06 Å². The highest BCUT2D eigenvalue weighted by atomic mass is 35.5. The van der Waals surface area contributed by atoms with Crippen LogP contribution in [0.3, 0.4) is 0 Å². The van der Waals surface area contributed by atoms with Crippen LogP contribution < -0.4 is 4.90 Å². The minimum Gasteiger partial charge on any atom is -0.394 e. The number of ether oxygens (including phenoxy) is 1. The molecule has 0 unspecified atom stereocenters. The molecule has 1 saturated heterocycles. The van der Waals surface area contributed by atoms with Gasteiger partial charge in [-0.2, -0.15) is 5.06 Å². The van der Waals surface area contributed by atoms with Crippen LogP contribution in [-0.4, -0.2) is 90.0 Å². The van der Waals surface area contributed by atoms with Crippen molar-refractivity contribution in [2.75, 3.05) is 50.0 Å². The van der Waals surface area contributed by atoms with Gasteiger partial charge in [0.05, 0.1) is 19.8 Å². The summed E-state index contributed by atoms with van der Waals surface area (Å²) in [5, 5.41) is 30.8. The van der Waals surface area contributed by atoms with Crippen LogP contribution in [0.5, 0.6) is 0 Å². The number of hydroxylamine groups is 2. The number of nitrogens with zero attached hydrogens (tertiary/aromatic N) is 2. The molecule has 3 N–H and O–H groups in total. The number of hydrogen-bond donors (Lipinski definition) is 3. The van der Waals surface area contributed by atoms with Gasteiger partial charge < -0.3 is 25.0 Å². The fraction of sp³-hybridized carbons (Fsp3) is 0.700. The van der Waals surface area contributed by atoms with Crippen molar-refractivity contribution in [2.24, 2.45) is 0 Å². The van der Waals surface area contributed by atoms with E-state index in [-0.39, 0.29) is 13.0 Å². The lowest BCUT2D eigenvalue weighted by molar-refractivity contribution is -0.295. The third kappa shape index (κ3) is 7.22. The molecule has 0 spiro atoms. The van der Waals surface area contributed by atoms with E-state index in [1.165, 1.54) is 5.56 Å². The lowest BCUT2D eigenvalue weighted by atomic mass is 10.0. The van der Waals surface area contributed by atoms with Gasteiger partial charge in [-0.1, -0.05) is 12.1 Å². The standard InChI is InChI=1S/C20H32Cl2N2O5/c1-28-24(19-13-17(26)20(27)18(14-25)29-19)10-2-3-15-4-6-16(7-5-15)23(11-8-21)12-9-22/h4-7,17-20,25-27H,2-3,8-14H2,1H3/t17-,18-,19-,20+/m1/s1. The van der Waals surface area contributed by atoms with E-state index in [0.717, 1.165) is 31.6 Å². The number of alkyl halides is 2. The number of aliphatic hydroxyl groups excluding tert-OH is 3. The summed E-state index contributed by atoms with van der Waals surface area (Å²) in [6, 6.07) is 8.36. The van der Waals surface area contributed by atoms with Gasteiger partial charge >= 0.3 is 0 Å². The number of rotatable bonds is 12. The van der Waals surface area contributed by atoms with Crippen molar-refractivity contribution >= 4 is 28.9 Å². The van der Waals surface area contributed by atoms with Gasteiger partial charge in [-0.25, -0.2) is 0 Å². The van der Waals surface area contributed by atoms with Crippen molar-refractivity contribution in [3.63, 3.8) is 0 Å². The van der Waals surface area contributed by atoms with E-state index in [0.29, 0.717) is 18.3 Å². The van der Waals surface area contributed by atoms with Crippen LogP contribution in [0.15, 0.2) is 24.3 Å². The monoisotopic (exact) mass is 450 g/mol. The zero-order valence-corrected chi connectivity index (χ0v) is 18.3. The number of anilines is 1. The summed E-state index contributed by atoms with van der Waals surface area (Å²) < 4.78 is 5.68. The highest BCUT2D eigenvalue weighted by molar-refractivity contribution is 6.18. The number of aliphatic hydroxyl groups is 3. The van der Waals surface area contributed by atoms with Crippen LogP contribution in [-0.2, 0) is 16.0 Å². The largest absolute Gasteiger partial charge is 0.394 e. The highest BCUT2D eigenvalue weighted by Gasteiger charge is 2.38. The minimum atomic E-state index is -1.09. The molecule has 1 fully saturated rings. The summed E-state index contributed by atoms with van der Waals surface area (Å²) in [5.41, 5.74) is 2.31. The average molecular weight is 451 g/mol. The maximum absolute atomic E-state index is 10.0. The van der Waals surface area contributed by atoms with E-state index >= 15 is 0 Å². The second-order valence-corrected chi connectivity index (χ2v) is 7.82. The van der Waals surface area contributed by atoms with Crippen LogP contribution in [0.4, 0.5) is 5.69 Å². The first-order chi connectivity index (χ1) is 14.0. The molecule has 1 aromatic rings. The molecular weight excluding hydrogens is 419 g/mol. The van der Waals surface area contributed by atoms with Crippen LogP contribution >= 0.6 is 23.2 Å². The maximum Gasteiger partial charge on any atom is 0.136 e. The average Bonchev–Trinajstić information content (AvgIpc) is 2.73. The molecule has 1 aliphatic heterocycles. The predicted octanol–water partition coefficient (Wildman–Crippen LogP) is 1.60. The zero-order chi connectivity index (χ0) is 21.2. The minimum absolute atomic E-state index is 0.219. The lowest BCUT2D eigenvalue weighted by Gasteiger charge is -2.40. The fourth-order valence-corrected chi connectivity index (χ4v) is 3.92. The van der Waals surface area contributed by atoms with Gasteiger partial charge in [-0.3, -0.25) is 4.84 Å². The van der Waals surface area contributed by atoms with E-state index in [9.17, 15) is 15.3 Å². The molecule has 1 aliphatic rings. The van der Waals surface area contributed by atoms with Gasteiger partial charge in [0, 0.05) is 43.5 Å². The number of aryl methyl sites for hydroxylation is 1. The topological polar surface area (TPSA) is 85.6 Å². The Morgan fingerprint density at radius 3 is 2.31 bits per heavy atom. The Kier molecular flexibility index (Phi) is 11.0. The molecule has 0 bridgehead atoms. The normalized spacial score (nSPS) is 24.8. The maximum atomic E-state index is 10.0. The lowest BCUT2D eigenvalue weighted by Crippen LogP contribution is -2.54. The van der Waals surface area contributed by atoms with Crippen molar-refractivity contribution in [2.45, 2.75) is 43.8 Å². The van der Waals surface area contributed by atoms with E-state index in [2.05, 4.69) is 29.2 Å². The molecule has 29 heavy (non-hydrogen) atoms. The first-order valence-electron chi connectivity index (χ1n) is 9.93. The zero-order valence-electron chi connectivity index (χ0n) is 16.8. The quantitative estimate of drug-likeness (QED) is 0.329. The van der Waals surface area contributed by atoms with Gasteiger partial charge in [0.2, 0.25) is 0 Å². The van der Waals surface area contributed by atoms with Gasteiger partial charge in [0.25, 0.3) is 0 Å². The SMILES string of the molecule is CON(CCCc1ccc(N(CCCl)CCCl)cc1)[C@H]1C[C@@H](O)[C@H](O)[C@@H](CO)O1. The van der Waals surface area contributed by atoms with Gasteiger partial charge in [0.15, 0.2) is 0 Å². The van der Waals surface area contributed by atoms with Gasteiger partial charge in [0.1, 0.15) is 18.4 Å². The second-order valence-electron chi connectivity index (χ2n) is 7.06. The molecule has 0 radical (unpaired) electrons. The van der Waals surface area contributed by atoms with Crippen molar-refractivity contribution in [1.29, 1.82) is 0 Å².